The van der Waals surface area contributed by atoms with Gasteiger partial charge in [0, 0.05) is 44.1 Å². The molecule has 1 aliphatic heterocycles. The Morgan fingerprint density at radius 3 is 2.30 bits per heavy atom. The maximum absolute atomic E-state index is 12.0. The Morgan fingerprint density at radius 1 is 0.963 bits per heavy atom. The van der Waals surface area contributed by atoms with E-state index in [2.05, 4.69) is 56.8 Å². The molecule has 0 radical (unpaired) electrons. The van der Waals surface area contributed by atoms with Gasteiger partial charge in [-0.25, -0.2) is 4.79 Å². The summed E-state index contributed by atoms with van der Waals surface area (Å²) in [6, 6.07) is 16.5. The molecule has 3 rings (SSSR count). The van der Waals surface area contributed by atoms with Gasteiger partial charge < -0.3 is 15.5 Å². The van der Waals surface area contributed by atoms with Crippen molar-refractivity contribution in [3.05, 3.63) is 59.7 Å². The standard InChI is InChI=1S/C22H30N4O/c1-18-15-19(2)17-20(16-18)24-22(27)23-9-6-10-25-11-13-26(14-12-25)21-7-4-3-5-8-21/h3-5,7-8,15-17H,6,9-14H2,1-2H3,(H2,23,24,27). The highest BCUT2D eigenvalue weighted by atomic mass is 16.2. The zero-order chi connectivity index (χ0) is 19.1. The van der Waals surface area contributed by atoms with Crippen LogP contribution in [0.3, 0.4) is 0 Å². The van der Waals surface area contributed by atoms with E-state index in [9.17, 15) is 4.79 Å². The van der Waals surface area contributed by atoms with E-state index >= 15 is 0 Å². The van der Waals surface area contributed by atoms with Gasteiger partial charge in [0.1, 0.15) is 0 Å². The van der Waals surface area contributed by atoms with Crippen molar-refractivity contribution in [2.24, 2.45) is 0 Å². The number of carbonyl (C=O) groups is 1. The molecular weight excluding hydrogens is 336 g/mol. The molecule has 5 nitrogen and oxygen atoms in total. The third-order valence-electron chi connectivity index (χ3n) is 4.91. The second-order valence-corrected chi connectivity index (χ2v) is 7.28. The number of para-hydroxylation sites is 1. The molecular formula is C22H30N4O. The first kappa shape index (κ1) is 19.2. The summed E-state index contributed by atoms with van der Waals surface area (Å²) in [4.78, 5) is 17.0. The zero-order valence-electron chi connectivity index (χ0n) is 16.4. The zero-order valence-corrected chi connectivity index (χ0v) is 16.4. The summed E-state index contributed by atoms with van der Waals surface area (Å²) in [5, 5.41) is 5.87. The fourth-order valence-corrected chi connectivity index (χ4v) is 3.60. The molecule has 0 spiro atoms. The summed E-state index contributed by atoms with van der Waals surface area (Å²) in [5.41, 5.74) is 4.46. The van der Waals surface area contributed by atoms with Crippen molar-refractivity contribution >= 4 is 17.4 Å². The average molecular weight is 367 g/mol. The van der Waals surface area contributed by atoms with E-state index in [1.54, 1.807) is 0 Å². The highest BCUT2D eigenvalue weighted by Gasteiger charge is 2.16. The molecule has 144 valence electrons. The van der Waals surface area contributed by atoms with Crippen LogP contribution >= 0.6 is 0 Å². The normalized spacial score (nSPS) is 14.8. The highest BCUT2D eigenvalue weighted by Crippen LogP contribution is 2.15. The Morgan fingerprint density at radius 2 is 1.63 bits per heavy atom. The number of hydrogen-bond acceptors (Lipinski definition) is 3. The first-order valence-electron chi connectivity index (χ1n) is 9.76. The van der Waals surface area contributed by atoms with E-state index in [4.69, 9.17) is 0 Å². The number of piperazine rings is 1. The van der Waals surface area contributed by atoms with E-state index in [0.717, 1.165) is 56.0 Å². The fourth-order valence-electron chi connectivity index (χ4n) is 3.60. The first-order valence-corrected chi connectivity index (χ1v) is 9.76. The van der Waals surface area contributed by atoms with Crippen LogP contribution in [0.2, 0.25) is 0 Å². The lowest BCUT2D eigenvalue weighted by molar-refractivity contribution is 0.244. The molecule has 27 heavy (non-hydrogen) atoms. The van der Waals surface area contributed by atoms with Crippen LogP contribution in [0.5, 0.6) is 0 Å². The molecule has 2 amide bonds. The van der Waals surface area contributed by atoms with Crippen LogP contribution in [0.1, 0.15) is 17.5 Å². The summed E-state index contributed by atoms with van der Waals surface area (Å²) < 4.78 is 0. The van der Waals surface area contributed by atoms with Crippen LogP contribution in [0.25, 0.3) is 0 Å². The maximum Gasteiger partial charge on any atom is 0.319 e. The molecule has 0 saturated carbocycles. The molecule has 0 atom stereocenters. The molecule has 1 heterocycles. The Labute approximate surface area is 162 Å². The van der Waals surface area contributed by atoms with Gasteiger partial charge in [0.2, 0.25) is 0 Å². The molecule has 0 bridgehead atoms. The molecule has 0 unspecified atom stereocenters. The van der Waals surface area contributed by atoms with Crippen LogP contribution < -0.4 is 15.5 Å². The SMILES string of the molecule is Cc1cc(C)cc(NC(=O)NCCCN2CCN(c3ccccc3)CC2)c1. The maximum atomic E-state index is 12.0. The highest BCUT2D eigenvalue weighted by molar-refractivity contribution is 5.89. The molecule has 0 aliphatic carbocycles. The van der Waals surface area contributed by atoms with Gasteiger partial charge in [-0.15, -0.1) is 0 Å². The molecule has 2 N–H and O–H groups in total. The van der Waals surface area contributed by atoms with Crippen LogP contribution in [0.4, 0.5) is 16.2 Å². The van der Waals surface area contributed by atoms with Crippen molar-refractivity contribution in [1.82, 2.24) is 10.2 Å². The second kappa shape index (κ2) is 9.42. The Kier molecular flexibility index (Phi) is 6.71. The van der Waals surface area contributed by atoms with Crippen molar-refractivity contribution in [3.8, 4) is 0 Å². The quantitative estimate of drug-likeness (QED) is 0.768. The van der Waals surface area contributed by atoms with Crippen molar-refractivity contribution < 1.29 is 4.79 Å². The molecule has 2 aromatic carbocycles. The van der Waals surface area contributed by atoms with Crippen LogP contribution in [-0.4, -0.2) is 50.2 Å². The summed E-state index contributed by atoms with van der Waals surface area (Å²) in [6.07, 6.45) is 0.964. The average Bonchev–Trinajstić information content (AvgIpc) is 2.66. The van der Waals surface area contributed by atoms with E-state index in [0.29, 0.717) is 6.54 Å². The van der Waals surface area contributed by atoms with Gasteiger partial charge in [0.15, 0.2) is 0 Å². The van der Waals surface area contributed by atoms with E-state index in [1.165, 1.54) is 5.69 Å². The number of nitrogens with one attached hydrogen (secondary N) is 2. The third-order valence-corrected chi connectivity index (χ3v) is 4.91. The minimum atomic E-state index is -0.131. The largest absolute Gasteiger partial charge is 0.369 e. The predicted octanol–water partition coefficient (Wildman–Crippen LogP) is 3.64. The number of anilines is 2. The predicted molar refractivity (Wildman–Crippen MR) is 113 cm³/mol. The van der Waals surface area contributed by atoms with Gasteiger partial charge in [-0.05, 0) is 62.2 Å². The lowest BCUT2D eigenvalue weighted by Gasteiger charge is -2.36. The Balaban J connectivity index is 1.32. The van der Waals surface area contributed by atoms with E-state index in [1.807, 2.05) is 26.0 Å². The smallest absolute Gasteiger partial charge is 0.319 e. The van der Waals surface area contributed by atoms with Gasteiger partial charge in [0.05, 0.1) is 0 Å². The van der Waals surface area contributed by atoms with Crippen molar-refractivity contribution in [2.75, 3.05) is 49.5 Å². The molecule has 2 aromatic rings. The topological polar surface area (TPSA) is 47.6 Å². The lowest BCUT2D eigenvalue weighted by atomic mass is 10.1. The fraction of sp³-hybridized carbons (Fsp3) is 0.409. The summed E-state index contributed by atoms with van der Waals surface area (Å²) in [6.45, 7) is 10.0. The number of amides is 2. The summed E-state index contributed by atoms with van der Waals surface area (Å²) in [7, 11) is 0. The summed E-state index contributed by atoms with van der Waals surface area (Å²) in [5.74, 6) is 0. The molecule has 0 aromatic heterocycles. The summed E-state index contributed by atoms with van der Waals surface area (Å²) >= 11 is 0. The molecule has 1 saturated heterocycles. The van der Waals surface area contributed by atoms with Gasteiger partial charge in [-0.2, -0.15) is 0 Å². The monoisotopic (exact) mass is 366 g/mol. The van der Waals surface area contributed by atoms with E-state index < -0.39 is 0 Å². The lowest BCUT2D eigenvalue weighted by Crippen LogP contribution is -2.47. The van der Waals surface area contributed by atoms with Gasteiger partial charge in [-0.1, -0.05) is 24.3 Å². The van der Waals surface area contributed by atoms with Crippen LogP contribution in [0, 0.1) is 13.8 Å². The number of aryl methyl sites for hydroxylation is 2. The third kappa shape index (κ3) is 6.00. The van der Waals surface area contributed by atoms with Crippen molar-refractivity contribution in [1.29, 1.82) is 0 Å². The number of nitrogens with zero attached hydrogens (tertiary/aromatic N) is 2. The van der Waals surface area contributed by atoms with Gasteiger partial charge >= 0.3 is 6.03 Å². The number of benzene rings is 2. The van der Waals surface area contributed by atoms with Gasteiger partial charge in [0.25, 0.3) is 0 Å². The Hall–Kier alpha value is -2.53. The second-order valence-electron chi connectivity index (χ2n) is 7.28. The molecule has 1 fully saturated rings. The number of hydrogen-bond donors (Lipinski definition) is 2. The molecule has 1 aliphatic rings. The Bertz CT molecular complexity index is 719. The number of urea groups is 1. The van der Waals surface area contributed by atoms with Crippen LogP contribution in [-0.2, 0) is 0 Å². The number of rotatable bonds is 6. The molecule has 5 heteroatoms. The van der Waals surface area contributed by atoms with Gasteiger partial charge in [-0.3, -0.25) is 4.90 Å². The number of carbonyl (C=O) groups excluding carboxylic acids is 1. The minimum absolute atomic E-state index is 0.131. The minimum Gasteiger partial charge on any atom is -0.369 e. The van der Waals surface area contributed by atoms with E-state index in [-0.39, 0.29) is 6.03 Å². The first-order chi connectivity index (χ1) is 13.1. The van der Waals surface area contributed by atoms with Crippen LogP contribution in [0.15, 0.2) is 48.5 Å². The van der Waals surface area contributed by atoms with Crippen molar-refractivity contribution in [3.63, 3.8) is 0 Å². The van der Waals surface area contributed by atoms with Crippen molar-refractivity contribution in [2.45, 2.75) is 20.3 Å².